The Balaban J connectivity index is 1.61. The maximum absolute atomic E-state index is 13.4. The zero-order valence-electron chi connectivity index (χ0n) is 16.0. The SMILES string of the molecule is CC1CN(c2cccc(F)c2)CCN1C(=O)CNC(c1ccccc1)C(F)(F)F. The van der Waals surface area contributed by atoms with Crippen LogP contribution in [0.2, 0.25) is 0 Å². The molecule has 1 aliphatic rings. The van der Waals surface area contributed by atoms with Crippen LogP contribution in [0.3, 0.4) is 0 Å². The number of hydrogen-bond acceptors (Lipinski definition) is 3. The molecule has 8 heteroatoms. The van der Waals surface area contributed by atoms with Crippen LogP contribution < -0.4 is 10.2 Å². The lowest BCUT2D eigenvalue weighted by molar-refractivity contribution is -0.159. The van der Waals surface area contributed by atoms with Gasteiger partial charge in [0, 0.05) is 31.4 Å². The topological polar surface area (TPSA) is 35.6 Å². The molecule has 1 aliphatic heterocycles. The highest BCUT2D eigenvalue weighted by Crippen LogP contribution is 2.32. The predicted octanol–water partition coefficient (Wildman–Crippen LogP) is 3.76. The number of rotatable bonds is 5. The molecular formula is C21H23F4N3O. The fourth-order valence-electron chi connectivity index (χ4n) is 3.59. The standard InChI is InChI=1S/C21H23F4N3O/c1-15-14-27(18-9-5-8-17(22)12-18)10-11-28(15)19(29)13-26-20(21(23,24)25)16-6-3-2-4-7-16/h2-9,12,15,20,26H,10-11,13-14H2,1H3. The minimum absolute atomic E-state index is 0.0665. The molecule has 29 heavy (non-hydrogen) atoms. The fourth-order valence-corrected chi connectivity index (χ4v) is 3.59. The molecular weight excluding hydrogens is 386 g/mol. The molecule has 0 aromatic heterocycles. The molecule has 1 N–H and O–H groups in total. The molecule has 0 saturated carbocycles. The summed E-state index contributed by atoms with van der Waals surface area (Å²) < 4.78 is 53.7. The summed E-state index contributed by atoms with van der Waals surface area (Å²) in [4.78, 5) is 16.1. The lowest BCUT2D eigenvalue weighted by Gasteiger charge is -2.41. The molecule has 1 saturated heterocycles. The summed E-state index contributed by atoms with van der Waals surface area (Å²) in [6, 6.07) is 11.6. The molecule has 2 aromatic carbocycles. The Labute approximate surface area is 167 Å². The number of piperazine rings is 1. The smallest absolute Gasteiger partial charge is 0.368 e. The van der Waals surface area contributed by atoms with Crippen LogP contribution >= 0.6 is 0 Å². The lowest BCUT2D eigenvalue weighted by Crippen LogP contribution is -2.56. The molecule has 1 heterocycles. The minimum Gasteiger partial charge on any atom is -0.368 e. The van der Waals surface area contributed by atoms with Crippen LogP contribution in [0.25, 0.3) is 0 Å². The van der Waals surface area contributed by atoms with Gasteiger partial charge in [-0.1, -0.05) is 36.4 Å². The first-order valence-corrected chi connectivity index (χ1v) is 9.40. The van der Waals surface area contributed by atoms with Crippen molar-refractivity contribution in [3.63, 3.8) is 0 Å². The second-order valence-electron chi connectivity index (χ2n) is 7.13. The van der Waals surface area contributed by atoms with E-state index in [0.29, 0.717) is 19.6 Å². The van der Waals surface area contributed by atoms with Gasteiger partial charge < -0.3 is 9.80 Å². The highest BCUT2D eigenvalue weighted by molar-refractivity contribution is 5.79. The Morgan fingerprint density at radius 2 is 1.86 bits per heavy atom. The summed E-state index contributed by atoms with van der Waals surface area (Å²) >= 11 is 0. The van der Waals surface area contributed by atoms with Crippen LogP contribution in [0.15, 0.2) is 54.6 Å². The number of nitrogens with one attached hydrogen (secondary N) is 1. The van der Waals surface area contributed by atoms with Crippen molar-refractivity contribution in [1.82, 2.24) is 10.2 Å². The van der Waals surface area contributed by atoms with Crippen molar-refractivity contribution in [3.05, 3.63) is 66.0 Å². The summed E-state index contributed by atoms with van der Waals surface area (Å²) in [7, 11) is 0. The van der Waals surface area contributed by atoms with E-state index >= 15 is 0 Å². The average Bonchev–Trinajstić information content (AvgIpc) is 2.67. The van der Waals surface area contributed by atoms with Gasteiger partial charge in [-0.05, 0) is 30.7 Å². The highest BCUT2D eigenvalue weighted by Gasteiger charge is 2.41. The predicted molar refractivity (Wildman–Crippen MR) is 103 cm³/mol. The van der Waals surface area contributed by atoms with E-state index in [1.165, 1.54) is 36.4 Å². The largest absolute Gasteiger partial charge is 0.407 e. The van der Waals surface area contributed by atoms with Gasteiger partial charge in [0.05, 0.1) is 6.54 Å². The number of carbonyl (C=O) groups is 1. The van der Waals surface area contributed by atoms with E-state index in [-0.39, 0.29) is 23.3 Å². The zero-order chi connectivity index (χ0) is 21.0. The van der Waals surface area contributed by atoms with Gasteiger partial charge in [0.2, 0.25) is 5.91 Å². The van der Waals surface area contributed by atoms with Crippen molar-refractivity contribution in [2.24, 2.45) is 0 Å². The molecule has 0 bridgehead atoms. The van der Waals surface area contributed by atoms with Crippen molar-refractivity contribution in [2.75, 3.05) is 31.1 Å². The van der Waals surface area contributed by atoms with Crippen molar-refractivity contribution >= 4 is 11.6 Å². The number of benzene rings is 2. The molecule has 4 nitrogen and oxygen atoms in total. The van der Waals surface area contributed by atoms with Crippen molar-refractivity contribution in [2.45, 2.75) is 25.2 Å². The number of carbonyl (C=O) groups excluding carboxylic acids is 1. The van der Waals surface area contributed by atoms with E-state index in [2.05, 4.69) is 5.32 Å². The van der Waals surface area contributed by atoms with Gasteiger partial charge in [0.1, 0.15) is 11.9 Å². The second kappa shape index (κ2) is 8.82. The summed E-state index contributed by atoms with van der Waals surface area (Å²) in [5.74, 6) is -0.724. The Hall–Kier alpha value is -2.61. The van der Waals surface area contributed by atoms with E-state index in [9.17, 15) is 22.4 Å². The number of halogens is 4. The van der Waals surface area contributed by atoms with Crippen LogP contribution in [0.1, 0.15) is 18.5 Å². The fraction of sp³-hybridized carbons (Fsp3) is 0.381. The van der Waals surface area contributed by atoms with E-state index in [4.69, 9.17) is 0 Å². The number of amides is 1. The number of nitrogens with zero attached hydrogens (tertiary/aromatic N) is 2. The third-order valence-corrected chi connectivity index (χ3v) is 5.04. The average molecular weight is 409 g/mol. The summed E-state index contributed by atoms with van der Waals surface area (Å²) in [6.45, 7) is 2.75. The molecule has 0 spiro atoms. The van der Waals surface area contributed by atoms with Crippen LogP contribution in [-0.2, 0) is 4.79 Å². The normalized spacial score (nSPS) is 18.6. The van der Waals surface area contributed by atoms with Crippen LogP contribution in [0, 0.1) is 5.82 Å². The zero-order valence-corrected chi connectivity index (χ0v) is 16.0. The van der Waals surface area contributed by atoms with E-state index in [1.54, 1.807) is 23.1 Å². The maximum atomic E-state index is 13.4. The van der Waals surface area contributed by atoms with E-state index < -0.39 is 18.8 Å². The molecule has 3 rings (SSSR count). The van der Waals surface area contributed by atoms with E-state index in [1.807, 2.05) is 11.8 Å². The minimum atomic E-state index is -4.51. The van der Waals surface area contributed by atoms with E-state index in [0.717, 1.165) is 5.69 Å². The maximum Gasteiger partial charge on any atom is 0.407 e. The first-order valence-electron chi connectivity index (χ1n) is 9.40. The van der Waals surface area contributed by atoms with Gasteiger partial charge in [0.25, 0.3) is 0 Å². The summed E-state index contributed by atoms with van der Waals surface area (Å²) in [6.07, 6.45) is -4.51. The first kappa shape index (κ1) is 21.1. The molecule has 1 fully saturated rings. The molecule has 0 radical (unpaired) electrons. The van der Waals surface area contributed by atoms with Gasteiger partial charge in [-0.15, -0.1) is 0 Å². The highest BCUT2D eigenvalue weighted by atomic mass is 19.4. The number of hydrogen-bond donors (Lipinski definition) is 1. The summed E-state index contributed by atoms with van der Waals surface area (Å²) in [5.41, 5.74) is 0.792. The Kier molecular flexibility index (Phi) is 6.42. The van der Waals surface area contributed by atoms with Gasteiger partial charge in [-0.25, -0.2) is 4.39 Å². The van der Waals surface area contributed by atoms with Gasteiger partial charge in [-0.3, -0.25) is 10.1 Å². The number of alkyl halides is 3. The van der Waals surface area contributed by atoms with Gasteiger partial charge in [0.15, 0.2) is 0 Å². The Bertz CT molecular complexity index is 828. The Morgan fingerprint density at radius 3 is 2.48 bits per heavy atom. The molecule has 1 amide bonds. The van der Waals surface area contributed by atoms with Gasteiger partial charge >= 0.3 is 6.18 Å². The quantitative estimate of drug-likeness (QED) is 0.764. The molecule has 0 aliphatic carbocycles. The second-order valence-corrected chi connectivity index (χ2v) is 7.13. The number of anilines is 1. The molecule has 2 atom stereocenters. The third-order valence-electron chi connectivity index (χ3n) is 5.04. The molecule has 2 unspecified atom stereocenters. The van der Waals surface area contributed by atoms with Crippen molar-refractivity contribution in [3.8, 4) is 0 Å². The summed E-state index contributed by atoms with van der Waals surface area (Å²) in [5, 5.41) is 2.36. The molecule has 2 aromatic rings. The van der Waals surface area contributed by atoms with Crippen LogP contribution in [-0.4, -0.2) is 49.2 Å². The first-order chi connectivity index (χ1) is 13.8. The monoisotopic (exact) mass is 409 g/mol. The van der Waals surface area contributed by atoms with Gasteiger partial charge in [-0.2, -0.15) is 13.2 Å². The Morgan fingerprint density at radius 1 is 1.14 bits per heavy atom. The van der Waals surface area contributed by atoms with Crippen LogP contribution in [0.5, 0.6) is 0 Å². The third kappa shape index (κ3) is 5.26. The lowest BCUT2D eigenvalue weighted by atomic mass is 10.1. The van der Waals surface area contributed by atoms with Crippen LogP contribution in [0.4, 0.5) is 23.2 Å². The van der Waals surface area contributed by atoms with Crippen molar-refractivity contribution < 1.29 is 22.4 Å². The molecule has 156 valence electrons. The van der Waals surface area contributed by atoms with Crippen molar-refractivity contribution in [1.29, 1.82) is 0 Å².